The lowest BCUT2D eigenvalue weighted by Gasteiger charge is -2.26. The molecule has 1 aliphatic rings. The first-order valence-corrected chi connectivity index (χ1v) is 6.92. The molecule has 0 spiro atoms. The van der Waals surface area contributed by atoms with Gasteiger partial charge in [0.2, 0.25) is 5.91 Å². The number of ketones is 1. The smallest absolute Gasteiger partial charge is 0.229 e. The summed E-state index contributed by atoms with van der Waals surface area (Å²) in [7, 11) is 1.79. The van der Waals surface area contributed by atoms with Crippen molar-refractivity contribution in [2.75, 3.05) is 11.9 Å². The number of hydrogen-bond donors (Lipinski definition) is 0. The highest BCUT2D eigenvalue weighted by atomic mass is 79.9. The minimum atomic E-state index is -0.00338. The van der Waals surface area contributed by atoms with E-state index in [4.69, 9.17) is 0 Å². The lowest BCUT2D eigenvalue weighted by atomic mass is 9.87. The molecule has 1 aromatic carbocycles. The zero-order valence-corrected chi connectivity index (χ0v) is 11.9. The van der Waals surface area contributed by atoms with Crippen molar-refractivity contribution in [2.24, 2.45) is 5.92 Å². The second kappa shape index (κ2) is 5.65. The molecule has 1 aromatic rings. The van der Waals surface area contributed by atoms with Crippen LogP contribution >= 0.6 is 15.9 Å². The van der Waals surface area contributed by atoms with Crippen LogP contribution in [0, 0.1) is 5.92 Å². The quantitative estimate of drug-likeness (QED) is 0.841. The first-order chi connectivity index (χ1) is 8.58. The van der Waals surface area contributed by atoms with Gasteiger partial charge in [0.15, 0.2) is 0 Å². The van der Waals surface area contributed by atoms with Crippen molar-refractivity contribution in [3.63, 3.8) is 0 Å². The largest absolute Gasteiger partial charge is 0.315 e. The minimum Gasteiger partial charge on any atom is -0.315 e. The van der Waals surface area contributed by atoms with E-state index in [1.54, 1.807) is 11.9 Å². The van der Waals surface area contributed by atoms with Gasteiger partial charge in [-0.3, -0.25) is 9.59 Å². The van der Waals surface area contributed by atoms with Gasteiger partial charge in [-0.1, -0.05) is 15.9 Å². The van der Waals surface area contributed by atoms with E-state index in [9.17, 15) is 9.59 Å². The van der Waals surface area contributed by atoms with Crippen molar-refractivity contribution >= 4 is 33.3 Å². The van der Waals surface area contributed by atoms with Crippen LogP contribution in [0.1, 0.15) is 25.7 Å². The first-order valence-electron chi connectivity index (χ1n) is 6.13. The van der Waals surface area contributed by atoms with E-state index in [0.717, 1.165) is 10.2 Å². The normalized spacial score (nSPS) is 16.7. The molecule has 1 aliphatic carbocycles. The molecule has 1 fully saturated rings. The molecule has 18 heavy (non-hydrogen) atoms. The fourth-order valence-electron chi connectivity index (χ4n) is 2.25. The van der Waals surface area contributed by atoms with E-state index >= 15 is 0 Å². The van der Waals surface area contributed by atoms with Gasteiger partial charge < -0.3 is 4.90 Å². The van der Waals surface area contributed by atoms with Crippen LogP contribution in [-0.4, -0.2) is 18.7 Å². The standard InChI is InChI=1S/C14H16BrNO2/c1-16(12-6-4-11(15)5-7-12)14(18)10-2-8-13(17)9-3-10/h4-7,10H,2-3,8-9H2,1H3. The molecule has 0 bridgehead atoms. The van der Waals surface area contributed by atoms with E-state index < -0.39 is 0 Å². The summed E-state index contributed by atoms with van der Waals surface area (Å²) in [5.74, 6) is 0.395. The Morgan fingerprint density at radius 2 is 1.78 bits per heavy atom. The number of carbonyl (C=O) groups is 2. The summed E-state index contributed by atoms with van der Waals surface area (Å²) in [6.45, 7) is 0. The van der Waals surface area contributed by atoms with Crippen molar-refractivity contribution in [1.29, 1.82) is 0 Å². The Morgan fingerprint density at radius 1 is 1.22 bits per heavy atom. The van der Waals surface area contributed by atoms with Gasteiger partial charge in [0.25, 0.3) is 0 Å². The molecule has 0 heterocycles. The molecule has 1 amide bonds. The Kier molecular flexibility index (Phi) is 4.17. The topological polar surface area (TPSA) is 37.4 Å². The van der Waals surface area contributed by atoms with Crippen LogP contribution in [0.15, 0.2) is 28.7 Å². The molecule has 96 valence electrons. The van der Waals surface area contributed by atoms with E-state index in [1.165, 1.54) is 0 Å². The van der Waals surface area contributed by atoms with Crippen LogP contribution in [0.4, 0.5) is 5.69 Å². The number of halogens is 1. The number of carbonyl (C=O) groups excluding carboxylic acids is 2. The molecular formula is C14H16BrNO2. The van der Waals surface area contributed by atoms with Gasteiger partial charge in [0, 0.05) is 36.0 Å². The SMILES string of the molecule is CN(C(=O)C1CCC(=O)CC1)c1ccc(Br)cc1. The summed E-state index contributed by atoms with van der Waals surface area (Å²) in [6.07, 6.45) is 2.48. The summed E-state index contributed by atoms with van der Waals surface area (Å²) in [6, 6.07) is 7.67. The molecule has 0 aromatic heterocycles. The van der Waals surface area contributed by atoms with Gasteiger partial charge in [0.05, 0.1) is 0 Å². The molecular weight excluding hydrogens is 294 g/mol. The highest BCUT2D eigenvalue weighted by molar-refractivity contribution is 9.10. The van der Waals surface area contributed by atoms with Crippen molar-refractivity contribution in [3.8, 4) is 0 Å². The Morgan fingerprint density at radius 3 is 2.33 bits per heavy atom. The molecule has 0 saturated heterocycles. The Hall–Kier alpha value is -1.16. The van der Waals surface area contributed by atoms with Crippen LogP contribution in [0.5, 0.6) is 0 Å². The third-order valence-electron chi connectivity index (χ3n) is 3.44. The predicted molar refractivity (Wildman–Crippen MR) is 74.5 cm³/mol. The summed E-state index contributed by atoms with van der Waals surface area (Å²) in [5, 5.41) is 0. The molecule has 1 saturated carbocycles. The van der Waals surface area contributed by atoms with Crippen LogP contribution < -0.4 is 4.90 Å². The summed E-state index contributed by atoms with van der Waals surface area (Å²) in [4.78, 5) is 25.2. The molecule has 0 unspecified atom stereocenters. The first kappa shape index (κ1) is 13.3. The maximum atomic E-state index is 12.3. The number of anilines is 1. The fourth-order valence-corrected chi connectivity index (χ4v) is 2.52. The second-order valence-electron chi connectivity index (χ2n) is 4.69. The molecule has 0 atom stereocenters. The molecule has 4 heteroatoms. The third-order valence-corrected chi connectivity index (χ3v) is 3.97. The third kappa shape index (κ3) is 2.99. The van der Waals surface area contributed by atoms with Crippen molar-refractivity contribution in [3.05, 3.63) is 28.7 Å². The van der Waals surface area contributed by atoms with Crippen LogP contribution in [0.25, 0.3) is 0 Å². The lowest BCUT2D eigenvalue weighted by molar-refractivity contribution is -0.126. The van der Waals surface area contributed by atoms with Crippen LogP contribution in [0.2, 0.25) is 0 Å². The average Bonchev–Trinajstić information content (AvgIpc) is 2.39. The summed E-state index contributed by atoms with van der Waals surface area (Å²) < 4.78 is 0.996. The molecule has 2 rings (SSSR count). The monoisotopic (exact) mass is 309 g/mol. The molecule has 3 nitrogen and oxygen atoms in total. The number of nitrogens with zero attached hydrogens (tertiary/aromatic N) is 1. The molecule has 0 aliphatic heterocycles. The lowest BCUT2D eigenvalue weighted by Crippen LogP contribution is -2.35. The van der Waals surface area contributed by atoms with Gasteiger partial charge in [-0.25, -0.2) is 0 Å². The minimum absolute atomic E-state index is 0.00338. The van der Waals surface area contributed by atoms with Crippen molar-refractivity contribution in [2.45, 2.75) is 25.7 Å². The highest BCUT2D eigenvalue weighted by Crippen LogP contribution is 2.26. The van der Waals surface area contributed by atoms with Crippen LogP contribution in [0.3, 0.4) is 0 Å². The molecule has 0 radical (unpaired) electrons. The summed E-state index contributed by atoms with van der Waals surface area (Å²) in [5.41, 5.74) is 0.889. The number of hydrogen-bond acceptors (Lipinski definition) is 2. The zero-order chi connectivity index (χ0) is 13.1. The highest BCUT2D eigenvalue weighted by Gasteiger charge is 2.27. The average molecular weight is 310 g/mol. The maximum Gasteiger partial charge on any atom is 0.229 e. The predicted octanol–water partition coefficient (Wildman–Crippen LogP) is 3.17. The second-order valence-corrected chi connectivity index (χ2v) is 5.60. The van der Waals surface area contributed by atoms with Gasteiger partial charge >= 0.3 is 0 Å². The van der Waals surface area contributed by atoms with Crippen molar-refractivity contribution in [1.82, 2.24) is 0 Å². The van der Waals surface area contributed by atoms with Gasteiger partial charge in [0.1, 0.15) is 5.78 Å². The maximum absolute atomic E-state index is 12.3. The number of Topliss-reactive ketones (excluding diaryl/α,β-unsaturated/α-hetero) is 1. The van der Waals surface area contributed by atoms with Crippen LogP contribution in [-0.2, 0) is 9.59 Å². The van der Waals surface area contributed by atoms with Gasteiger partial charge in [-0.2, -0.15) is 0 Å². The van der Waals surface area contributed by atoms with E-state index in [2.05, 4.69) is 15.9 Å². The Labute approximate surface area is 115 Å². The zero-order valence-electron chi connectivity index (χ0n) is 10.4. The number of rotatable bonds is 2. The number of amides is 1. The van der Waals surface area contributed by atoms with Gasteiger partial charge in [-0.05, 0) is 37.1 Å². The van der Waals surface area contributed by atoms with E-state index in [1.807, 2.05) is 24.3 Å². The fraction of sp³-hybridized carbons (Fsp3) is 0.429. The Bertz CT molecular complexity index is 445. The summed E-state index contributed by atoms with van der Waals surface area (Å²) >= 11 is 3.37. The number of benzene rings is 1. The van der Waals surface area contributed by atoms with Crippen molar-refractivity contribution < 1.29 is 9.59 Å². The van der Waals surface area contributed by atoms with E-state index in [0.29, 0.717) is 25.7 Å². The van der Waals surface area contributed by atoms with E-state index in [-0.39, 0.29) is 17.6 Å². The molecule has 0 N–H and O–H groups in total. The van der Waals surface area contributed by atoms with Gasteiger partial charge in [-0.15, -0.1) is 0 Å². The Balaban J connectivity index is 2.04.